The zero-order valence-electron chi connectivity index (χ0n) is 9.52. The fourth-order valence-corrected chi connectivity index (χ4v) is 3.31. The Labute approximate surface area is 124 Å². The molecule has 0 atom stereocenters. The van der Waals surface area contributed by atoms with Gasteiger partial charge < -0.3 is 0 Å². The van der Waals surface area contributed by atoms with Crippen molar-refractivity contribution in [1.29, 1.82) is 0 Å². The molecule has 0 saturated heterocycles. The molecule has 0 unspecified atom stereocenters. The molecule has 2 rings (SSSR count). The van der Waals surface area contributed by atoms with Gasteiger partial charge in [-0.1, -0.05) is 35.0 Å². The van der Waals surface area contributed by atoms with Gasteiger partial charge in [-0.25, -0.2) is 18.2 Å². The SMILES string of the molecule is CSc1n[nH]c(NS(=O)(=O)c2ccc(Cl)cc2Cl)n1. The summed E-state index contributed by atoms with van der Waals surface area (Å²) in [6.07, 6.45) is 1.78. The number of anilines is 1. The van der Waals surface area contributed by atoms with Gasteiger partial charge in [0.05, 0.1) is 5.02 Å². The summed E-state index contributed by atoms with van der Waals surface area (Å²) in [6.45, 7) is 0. The molecular formula is C9H8Cl2N4O2S2. The van der Waals surface area contributed by atoms with E-state index < -0.39 is 10.0 Å². The van der Waals surface area contributed by atoms with Crippen LogP contribution in [0.5, 0.6) is 0 Å². The Kier molecular flexibility index (Phi) is 4.24. The average Bonchev–Trinajstić information content (AvgIpc) is 2.75. The first kappa shape index (κ1) is 14.4. The van der Waals surface area contributed by atoms with Gasteiger partial charge >= 0.3 is 0 Å². The Hall–Kier alpha value is -0.960. The van der Waals surface area contributed by atoms with Crippen molar-refractivity contribution < 1.29 is 8.42 Å². The van der Waals surface area contributed by atoms with Crippen molar-refractivity contribution in [3.05, 3.63) is 28.2 Å². The molecule has 0 aliphatic rings. The topological polar surface area (TPSA) is 87.7 Å². The van der Waals surface area contributed by atoms with Crippen LogP contribution in [0.15, 0.2) is 28.3 Å². The van der Waals surface area contributed by atoms with Crippen molar-refractivity contribution in [2.45, 2.75) is 10.1 Å². The van der Waals surface area contributed by atoms with Gasteiger partial charge in [0.1, 0.15) is 4.90 Å². The lowest BCUT2D eigenvalue weighted by molar-refractivity contribution is 0.601. The first-order chi connectivity index (χ1) is 8.92. The van der Waals surface area contributed by atoms with Gasteiger partial charge in [-0.05, 0) is 24.5 Å². The number of aromatic amines is 1. The maximum absolute atomic E-state index is 12.1. The Morgan fingerprint density at radius 2 is 2.11 bits per heavy atom. The van der Waals surface area contributed by atoms with Crippen LogP contribution in [0.3, 0.4) is 0 Å². The molecule has 0 saturated carbocycles. The van der Waals surface area contributed by atoms with Gasteiger partial charge in [-0.3, -0.25) is 0 Å². The molecule has 6 nitrogen and oxygen atoms in total. The number of aromatic nitrogens is 3. The summed E-state index contributed by atoms with van der Waals surface area (Å²) >= 11 is 12.9. The zero-order valence-corrected chi connectivity index (χ0v) is 12.7. The summed E-state index contributed by atoms with van der Waals surface area (Å²) in [5.74, 6) is 0.0235. The minimum Gasteiger partial charge on any atom is -0.247 e. The predicted octanol–water partition coefficient (Wildman–Crippen LogP) is 2.63. The van der Waals surface area contributed by atoms with Gasteiger partial charge in [-0.2, -0.15) is 4.98 Å². The van der Waals surface area contributed by atoms with Crippen LogP contribution in [-0.2, 0) is 10.0 Å². The molecule has 1 aromatic carbocycles. The molecule has 10 heteroatoms. The van der Waals surface area contributed by atoms with E-state index in [-0.39, 0.29) is 15.9 Å². The van der Waals surface area contributed by atoms with Crippen molar-refractivity contribution in [1.82, 2.24) is 15.2 Å². The number of nitrogens with zero attached hydrogens (tertiary/aromatic N) is 2. The smallest absolute Gasteiger partial charge is 0.247 e. The normalized spacial score (nSPS) is 11.5. The van der Waals surface area contributed by atoms with E-state index in [1.165, 1.54) is 30.0 Å². The molecule has 1 heterocycles. The lowest BCUT2D eigenvalue weighted by atomic mass is 10.4. The van der Waals surface area contributed by atoms with Gasteiger partial charge in [0.2, 0.25) is 11.1 Å². The second-order valence-corrected chi connectivity index (χ2v) is 6.62. The lowest BCUT2D eigenvalue weighted by Gasteiger charge is -2.06. The third-order valence-electron chi connectivity index (χ3n) is 2.06. The van der Waals surface area contributed by atoms with Crippen LogP contribution < -0.4 is 4.72 Å². The number of sulfonamides is 1. The standard InChI is InChI=1S/C9H8Cl2N4O2S2/c1-18-9-12-8(13-14-9)15-19(16,17)7-3-2-5(10)4-6(7)11/h2-4H,1H3,(H2,12,13,14,15). The third kappa shape index (κ3) is 3.33. The van der Waals surface area contributed by atoms with Crippen molar-refractivity contribution in [3.8, 4) is 0 Å². The molecule has 0 aliphatic carbocycles. The number of hydrogen-bond acceptors (Lipinski definition) is 5. The highest BCUT2D eigenvalue weighted by Gasteiger charge is 2.19. The number of halogens is 2. The number of nitrogens with one attached hydrogen (secondary N) is 2. The van der Waals surface area contributed by atoms with Crippen molar-refractivity contribution in [2.24, 2.45) is 0 Å². The lowest BCUT2D eigenvalue weighted by Crippen LogP contribution is -2.14. The van der Waals surface area contributed by atoms with E-state index in [1.807, 2.05) is 0 Å². The van der Waals surface area contributed by atoms with Crippen LogP contribution in [0.2, 0.25) is 10.0 Å². The summed E-state index contributed by atoms with van der Waals surface area (Å²) in [5.41, 5.74) is 0. The van der Waals surface area contributed by atoms with E-state index >= 15 is 0 Å². The van der Waals surface area contributed by atoms with Gasteiger partial charge in [0, 0.05) is 5.02 Å². The highest BCUT2D eigenvalue weighted by atomic mass is 35.5. The Balaban J connectivity index is 2.32. The second kappa shape index (κ2) is 5.58. The molecular weight excluding hydrogens is 331 g/mol. The number of thioether (sulfide) groups is 1. The second-order valence-electron chi connectivity index (χ2n) is 3.35. The molecule has 2 N–H and O–H groups in total. The molecule has 0 spiro atoms. The minimum atomic E-state index is -3.84. The molecule has 0 amide bonds. The zero-order chi connectivity index (χ0) is 14.0. The number of H-pyrrole nitrogens is 1. The van der Waals surface area contributed by atoms with Crippen LogP contribution in [0.25, 0.3) is 0 Å². The van der Waals surface area contributed by atoms with Gasteiger partial charge in [0.25, 0.3) is 10.0 Å². The third-order valence-corrected chi connectivity index (χ3v) is 4.67. The quantitative estimate of drug-likeness (QED) is 0.836. The maximum atomic E-state index is 12.1. The Morgan fingerprint density at radius 3 is 2.68 bits per heavy atom. The monoisotopic (exact) mass is 338 g/mol. The van der Waals surface area contributed by atoms with E-state index in [4.69, 9.17) is 23.2 Å². The van der Waals surface area contributed by atoms with Crippen LogP contribution in [-0.4, -0.2) is 29.9 Å². The summed E-state index contributed by atoms with van der Waals surface area (Å²) in [7, 11) is -3.84. The Bertz CT molecular complexity index is 702. The van der Waals surface area contributed by atoms with Crippen molar-refractivity contribution in [3.63, 3.8) is 0 Å². The van der Waals surface area contributed by atoms with E-state index in [2.05, 4.69) is 19.9 Å². The van der Waals surface area contributed by atoms with E-state index in [0.29, 0.717) is 10.2 Å². The summed E-state index contributed by atoms with van der Waals surface area (Å²) in [5, 5.41) is 7.08. The number of hydrogen-bond donors (Lipinski definition) is 2. The highest BCUT2D eigenvalue weighted by Crippen LogP contribution is 2.26. The summed E-state index contributed by atoms with van der Waals surface area (Å²) in [4.78, 5) is 3.84. The molecule has 0 fully saturated rings. The molecule has 2 aromatic rings. The summed E-state index contributed by atoms with van der Waals surface area (Å²) < 4.78 is 26.4. The van der Waals surface area contributed by atoms with Crippen LogP contribution in [0.1, 0.15) is 0 Å². The predicted molar refractivity (Wildman–Crippen MR) is 75.4 cm³/mol. The first-order valence-electron chi connectivity index (χ1n) is 4.86. The van der Waals surface area contributed by atoms with Gasteiger partial charge in [-0.15, -0.1) is 5.10 Å². The molecule has 19 heavy (non-hydrogen) atoms. The van der Waals surface area contributed by atoms with Gasteiger partial charge in [0.15, 0.2) is 0 Å². The van der Waals surface area contributed by atoms with Crippen molar-refractivity contribution in [2.75, 3.05) is 11.0 Å². The highest BCUT2D eigenvalue weighted by molar-refractivity contribution is 7.98. The van der Waals surface area contributed by atoms with Crippen LogP contribution >= 0.6 is 35.0 Å². The van der Waals surface area contributed by atoms with Crippen LogP contribution in [0.4, 0.5) is 5.95 Å². The molecule has 0 radical (unpaired) electrons. The maximum Gasteiger partial charge on any atom is 0.265 e. The Morgan fingerprint density at radius 1 is 1.37 bits per heavy atom. The minimum absolute atomic E-state index is 0.0235. The summed E-state index contributed by atoms with van der Waals surface area (Å²) in [6, 6.07) is 4.11. The van der Waals surface area contributed by atoms with E-state index in [1.54, 1.807) is 6.26 Å². The molecule has 1 aromatic heterocycles. The van der Waals surface area contributed by atoms with E-state index in [0.717, 1.165) is 0 Å². The molecule has 0 bridgehead atoms. The average molecular weight is 339 g/mol. The number of rotatable bonds is 4. The fourth-order valence-electron chi connectivity index (χ4n) is 1.26. The number of benzene rings is 1. The van der Waals surface area contributed by atoms with Crippen molar-refractivity contribution >= 4 is 50.9 Å². The van der Waals surface area contributed by atoms with E-state index in [9.17, 15) is 8.42 Å². The molecule has 102 valence electrons. The fraction of sp³-hybridized carbons (Fsp3) is 0.111. The largest absolute Gasteiger partial charge is 0.265 e. The first-order valence-corrected chi connectivity index (χ1v) is 8.33. The van der Waals surface area contributed by atoms with Crippen LogP contribution in [0, 0.1) is 0 Å². The molecule has 0 aliphatic heterocycles.